The molecule has 1 aromatic rings. The first-order valence-corrected chi connectivity index (χ1v) is 5.27. The lowest BCUT2D eigenvalue weighted by molar-refractivity contribution is 0.0393. The molecule has 15 heavy (non-hydrogen) atoms. The average molecular weight is 209 g/mol. The van der Waals surface area contributed by atoms with Crippen molar-refractivity contribution in [3.8, 4) is 0 Å². The number of ether oxygens (including phenoxy) is 1. The fourth-order valence-corrected chi connectivity index (χ4v) is 1.35. The van der Waals surface area contributed by atoms with Crippen LogP contribution in [-0.4, -0.2) is 38.0 Å². The van der Waals surface area contributed by atoms with Gasteiger partial charge in [0.25, 0.3) is 0 Å². The fourth-order valence-electron chi connectivity index (χ4n) is 1.35. The van der Waals surface area contributed by atoms with Gasteiger partial charge < -0.3 is 15.2 Å². The van der Waals surface area contributed by atoms with Crippen molar-refractivity contribution in [1.82, 2.24) is 5.32 Å². The van der Waals surface area contributed by atoms with Gasteiger partial charge in [-0.25, -0.2) is 0 Å². The molecule has 84 valence electrons. The van der Waals surface area contributed by atoms with Crippen LogP contribution in [0.15, 0.2) is 30.3 Å². The largest absolute Gasteiger partial charge is 0.389 e. The van der Waals surface area contributed by atoms with Gasteiger partial charge in [-0.15, -0.1) is 0 Å². The van der Waals surface area contributed by atoms with Crippen molar-refractivity contribution < 1.29 is 9.84 Å². The smallest absolute Gasteiger partial charge is 0.0897 e. The molecule has 0 radical (unpaired) electrons. The molecular formula is C12H19NO2. The van der Waals surface area contributed by atoms with Crippen LogP contribution in [-0.2, 0) is 11.2 Å². The molecule has 0 saturated heterocycles. The molecular weight excluding hydrogens is 190 g/mol. The summed E-state index contributed by atoms with van der Waals surface area (Å²) < 4.78 is 5.36. The van der Waals surface area contributed by atoms with Gasteiger partial charge in [-0.3, -0.25) is 0 Å². The molecule has 0 fully saturated rings. The van der Waals surface area contributed by atoms with Crippen LogP contribution in [0.1, 0.15) is 5.56 Å². The number of aliphatic hydroxyl groups excluding tert-OH is 1. The molecule has 0 aliphatic rings. The lowest BCUT2D eigenvalue weighted by Gasteiger charge is -2.10. The quantitative estimate of drug-likeness (QED) is 0.653. The standard InChI is InChI=1S/C12H19NO2/c1-13-9-12(14)10-15-8-7-11-5-3-2-4-6-11/h2-6,12-14H,7-10H2,1H3. The average Bonchev–Trinajstić information content (AvgIpc) is 2.26. The summed E-state index contributed by atoms with van der Waals surface area (Å²) in [5, 5.41) is 12.3. The van der Waals surface area contributed by atoms with Gasteiger partial charge in [0.05, 0.1) is 19.3 Å². The van der Waals surface area contributed by atoms with E-state index in [1.807, 2.05) is 25.2 Å². The summed E-state index contributed by atoms with van der Waals surface area (Å²) in [5.74, 6) is 0. The Kier molecular flexibility index (Phi) is 6.00. The number of hydrogen-bond donors (Lipinski definition) is 2. The summed E-state index contributed by atoms with van der Waals surface area (Å²) in [7, 11) is 1.81. The van der Waals surface area contributed by atoms with Gasteiger partial charge in [-0.2, -0.15) is 0 Å². The zero-order chi connectivity index (χ0) is 10.9. The Morgan fingerprint density at radius 3 is 2.73 bits per heavy atom. The molecule has 0 bridgehead atoms. The Balaban J connectivity index is 2.07. The summed E-state index contributed by atoms with van der Waals surface area (Å²) in [5.41, 5.74) is 1.26. The van der Waals surface area contributed by atoms with Crippen molar-refractivity contribution in [3.63, 3.8) is 0 Å². The van der Waals surface area contributed by atoms with Crippen molar-refractivity contribution >= 4 is 0 Å². The first kappa shape index (κ1) is 12.2. The number of rotatable bonds is 7. The highest BCUT2D eigenvalue weighted by Crippen LogP contribution is 1.99. The predicted molar refractivity (Wildman–Crippen MR) is 60.9 cm³/mol. The van der Waals surface area contributed by atoms with Gasteiger partial charge in [0.15, 0.2) is 0 Å². The van der Waals surface area contributed by atoms with E-state index < -0.39 is 6.10 Å². The van der Waals surface area contributed by atoms with E-state index in [1.165, 1.54) is 5.56 Å². The highest BCUT2D eigenvalue weighted by atomic mass is 16.5. The normalized spacial score (nSPS) is 12.7. The number of hydrogen-bond acceptors (Lipinski definition) is 3. The van der Waals surface area contributed by atoms with E-state index in [9.17, 15) is 5.11 Å². The first-order valence-electron chi connectivity index (χ1n) is 5.27. The van der Waals surface area contributed by atoms with Crippen LogP contribution >= 0.6 is 0 Å². The van der Waals surface area contributed by atoms with E-state index in [0.717, 1.165) is 6.42 Å². The number of benzene rings is 1. The molecule has 2 N–H and O–H groups in total. The predicted octanol–water partition coefficient (Wildman–Crippen LogP) is 0.826. The summed E-state index contributed by atoms with van der Waals surface area (Å²) in [6, 6.07) is 10.2. The molecule has 1 atom stereocenters. The van der Waals surface area contributed by atoms with Gasteiger partial charge in [-0.1, -0.05) is 30.3 Å². The summed E-state index contributed by atoms with van der Waals surface area (Å²) in [6.07, 6.45) is 0.485. The van der Waals surface area contributed by atoms with Crippen LogP contribution in [0.4, 0.5) is 0 Å². The highest BCUT2D eigenvalue weighted by Gasteiger charge is 2.01. The van der Waals surface area contributed by atoms with E-state index in [-0.39, 0.29) is 0 Å². The number of nitrogens with one attached hydrogen (secondary N) is 1. The molecule has 1 rings (SSSR count). The van der Waals surface area contributed by atoms with Gasteiger partial charge in [0, 0.05) is 6.54 Å². The highest BCUT2D eigenvalue weighted by molar-refractivity contribution is 5.14. The van der Waals surface area contributed by atoms with E-state index in [1.54, 1.807) is 0 Å². The van der Waals surface area contributed by atoms with E-state index in [4.69, 9.17) is 4.74 Å². The molecule has 1 unspecified atom stereocenters. The van der Waals surface area contributed by atoms with Gasteiger partial charge in [-0.05, 0) is 19.0 Å². The Labute approximate surface area is 91.1 Å². The molecule has 0 heterocycles. The Bertz CT molecular complexity index is 251. The van der Waals surface area contributed by atoms with Crippen molar-refractivity contribution in [3.05, 3.63) is 35.9 Å². The molecule has 3 nitrogen and oxygen atoms in total. The van der Waals surface area contributed by atoms with Gasteiger partial charge >= 0.3 is 0 Å². The molecule has 1 aromatic carbocycles. The minimum Gasteiger partial charge on any atom is -0.389 e. The maximum atomic E-state index is 9.36. The third kappa shape index (κ3) is 5.52. The molecule has 0 aromatic heterocycles. The van der Waals surface area contributed by atoms with Crippen LogP contribution < -0.4 is 5.32 Å². The van der Waals surface area contributed by atoms with Crippen molar-refractivity contribution in [2.45, 2.75) is 12.5 Å². The third-order valence-corrected chi connectivity index (χ3v) is 2.13. The zero-order valence-electron chi connectivity index (χ0n) is 9.15. The second-order valence-electron chi connectivity index (χ2n) is 3.52. The maximum Gasteiger partial charge on any atom is 0.0897 e. The monoisotopic (exact) mass is 209 g/mol. The molecule has 0 spiro atoms. The Morgan fingerprint density at radius 1 is 1.33 bits per heavy atom. The van der Waals surface area contributed by atoms with E-state index >= 15 is 0 Å². The molecule has 0 saturated carbocycles. The van der Waals surface area contributed by atoms with Gasteiger partial charge in [0.1, 0.15) is 0 Å². The Hall–Kier alpha value is -0.900. The molecule has 0 amide bonds. The fraction of sp³-hybridized carbons (Fsp3) is 0.500. The maximum absolute atomic E-state index is 9.36. The lowest BCUT2D eigenvalue weighted by atomic mass is 10.2. The lowest BCUT2D eigenvalue weighted by Crippen LogP contribution is -2.28. The van der Waals surface area contributed by atoms with Crippen LogP contribution in [0.3, 0.4) is 0 Å². The van der Waals surface area contributed by atoms with Crippen LogP contribution in [0, 0.1) is 0 Å². The number of likely N-dealkylation sites (N-methyl/N-ethyl adjacent to an activating group) is 1. The first-order chi connectivity index (χ1) is 7.33. The zero-order valence-corrected chi connectivity index (χ0v) is 9.15. The second-order valence-corrected chi connectivity index (χ2v) is 3.52. The van der Waals surface area contributed by atoms with Gasteiger partial charge in [0.2, 0.25) is 0 Å². The Morgan fingerprint density at radius 2 is 2.07 bits per heavy atom. The van der Waals surface area contributed by atoms with Crippen molar-refractivity contribution in [1.29, 1.82) is 0 Å². The van der Waals surface area contributed by atoms with E-state index in [2.05, 4.69) is 17.4 Å². The minimum atomic E-state index is -0.411. The summed E-state index contributed by atoms with van der Waals surface area (Å²) in [6.45, 7) is 1.63. The number of aliphatic hydroxyl groups is 1. The summed E-state index contributed by atoms with van der Waals surface area (Å²) >= 11 is 0. The molecule has 0 aliphatic carbocycles. The van der Waals surface area contributed by atoms with Crippen LogP contribution in [0.25, 0.3) is 0 Å². The minimum absolute atomic E-state index is 0.397. The molecule has 0 aliphatic heterocycles. The van der Waals surface area contributed by atoms with Crippen molar-refractivity contribution in [2.24, 2.45) is 0 Å². The third-order valence-electron chi connectivity index (χ3n) is 2.13. The van der Waals surface area contributed by atoms with E-state index in [0.29, 0.717) is 19.8 Å². The topological polar surface area (TPSA) is 41.5 Å². The van der Waals surface area contributed by atoms with Crippen LogP contribution in [0.2, 0.25) is 0 Å². The van der Waals surface area contributed by atoms with Crippen molar-refractivity contribution in [2.75, 3.05) is 26.8 Å². The molecule has 3 heteroatoms. The summed E-state index contributed by atoms with van der Waals surface area (Å²) in [4.78, 5) is 0. The second kappa shape index (κ2) is 7.40. The van der Waals surface area contributed by atoms with Crippen LogP contribution in [0.5, 0.6) is 0 Å². The SMILES string of the molecule is CNCC(O)COCCc1ccccc1.